The fraction of sp³-hybridized carbons (Fsp3) is 0.385. The molecule has 0 heterocycles. The molecule has 0 fully saturated rings. The second-order valence-corrected chi connectivity index (χ2v) is 3.47. The van der Waals surface area contributed by atoms with Crippen LogP contribution in [0.25, 0.3) is 6.08 Å². The van der Waals surface area contributed by atoms with Gasteiger partial charge in [-0.3, -0.25) is 0 Å². The molecular formula is C13H20. The summed E-state index contributed by atoms with van der Waals surface area (Å²) in [5.41, 5.74) is 3.94. The molecule has 0 spiro atoms. The van der Waals surface area contributed by atoms with Gasteiger partial charge in [-0.15, -0.1) is 0 Å². The first-order chi connectivity index (χ1) is 5.65. The van der Waals surface area contributed by atoms with Gasteiger partial charge >= 0.3 is 0 Å². The first-order valence-electron chi connectivity index (χ1n) is 4.38. The van der Waals surface area contributed by atoms with Crippen LogP contribution in [-0.4, -0.2) is 0 Å². The van der Waals surface area contributed by atoms with Gasteiger partial charge in [-0.05, 0) is 29.5 Å². The first kappa shape index (κ1) is 12.0. The van der Waals surface area contributed by atoms with Crippen LogP contribution in [0.1, 0.15) is 43.9 Å². The lowest BCUT2D eigenvalue weighted by atomic mass is 9.98. The summed E-state index contributed by atoms with van der Waals surface area (Å²) in [4.78, 5) is 0. The van der Waals surface area contributed by atoms with Gasteiger partial charge in [-0.1, -0.05) is 52.1 Å². The Morgan fingerprint density at radius 2 is 1.92 bits per heavy atom. The number of benzene rings is 1. The van der Waals surface area contributed by atoms with Crippen molar-refractivity contribution in [3.05, 3.63) is 41.5 Å². The molecule has 0 aromatic heterocycles. The van der Waals surface area contributed by atoms with E-state index in [-0.39, 0.29) is 7.43 Å². The Balaban J connectivity index is 0.00000144. The summed E-state index contributed by atoms with van der Waals surface area (Å²) in [5.74, 6) is 0.601. The maximum Gasteiger partial charge on any atom is -0.0219 e. The highest BCUT2D eigenvalue weighted by molar-refractivity contribution is 5.53. The maximum absolute atomic E-state index is 3.79. The molecule has 0 bridgehead atoms. The number of hydrogen-bond donors (Lipinski definition) is 0. The molecule has 0 saturated carbocycles. The summed E-state index contributed by atoms with van der Waals surface area (Å²) < 4.78 is 0. The van der Waals surface area contributed by atoms with E-state index in [1.165, 1.54) is 16.7 Å². The molecule has 0 heteroatoms. The van der Waals surface area contributed by atoms with Crippen LogP contribution < -0.4 is 0 Å². The molecule has 0 nitrogen and oxygen atoms in total. The SMILES string of the molecule is C.C=Cc1cc(C(C)C)ccc1C. The fourth-order valence-corrected chi connectivity index (χ4v) is 1.24. The average Bonchev–Trinajstić information content (AvgIpc) is 2.05. The first-order valence-corrected chi connectivity index (χ1v) is 4.38. The molecule has 0 amide bonds. The van der Waals surface area contributed by atoms with Crippen molar-refractivity contribution in [2.45, 2.75) is 34.1 Å². The van der Waals surface area contributed by atoms with E-state index in [0.29, 0.717) is 5.92 Å². The summed E-state index contributed by atoms with van der Waals surface area (Å²) >= 11 is 0. The lowest BCUT2D eigenvalue weighted by Gasteiger charge is -2.07. The highest BCUT2D eigenvalue weighted by atomic mass is 14.1. The zero-order chi connectivity index (χ0) is 9.14. The van der Waals surface area contributed by atoms with E-state index in [1.807, 2.05) is 6.08 Å². The molecule has 0 radical (unpaired) electrons. The lowest BCUT2D eigenvalue weighted by Crippen LogP contribution is -1.89. The van der Waals surface area contributed by atoms with Crippen molar-refractivity contribution in [1.29, 1.82) is 0 Å². The van der Waals surface area contributed by atoms with E-state index in [2.05, 4.69) is 45.5 Å². The minimum absolute atomic E-state index is 0. The minimum Gasteiger partial charge on any atom is -0.0985 e. The third-order valence-electron chi connectivity index (χ3n) is 2.19. The molecular weight excluding hydrogens is 156 g/mol. The van der Waals surface area contributed by atoms with Gasteiger partial charge in [0.05, 0.1) is 0 Å². The minimum atomic E-state index is 0. The normalized spacial score (nSPS) is 9.54. The van der Waals surface area contributed by atoms with Gasteiger partial charge in [-0.25, -0.2) is 0 Å². The van der Waals surface area contributed by atoms with Crippen LogP contribution >= 0.6 is 0 Å². The van der Waals surface area contributed by atoms with Crippen LogP contribution in [-0.2, 0) is 0 Å². The molecule has 13 heavy (non-hydrogen) atoms. The molecule has 0 unspecified atom stereocenters. The Bertz CT molecular complexity index is 282. The van der Waals surface area contributed by atoms with Crippen molar-refractivity contribution in [2.75, 3.05) is 0 Å². The van der Waals surface area contributed by atoms with Gasteiger partial charge in [-0.2, -0.15) is 0 Å². The Hall–Kier alpha value is -1.04. The van der Waals surface area contributed by atoms with Crippen molar-refractivity contribution >= 4 is 6.08 Å². The number of rotatable bonds is 2. The van der Waals surface area contributed by atoms with Gasteiger partial charge in [0.2, 0.25) is 0 Å². The molecule has 1 aromatic carbocycles. The van der Waals surface area contributed by atoms with Crippen molar-refractivity contribution in [3.63, 3.8) is 0 Å². The quantitative estimate of drug-likeness (QED) is 0.626. The van der Waals surface area contributed by atoms with Crippen LogP contribution in [0.3, 0.4) is 0 Å². The van der Waals surface area contributed by atoms with Crippen molar-refractivity contribution < 1.29 is 0 Å². The summed E-state index contributed by atoms with van der Waals surface area (Å²) in [6, 6.07) is 6.56. The van der Waals surface area contributed by atoms with Crippen molar-refractivity contribution in [1.82, 2.24) is 0 Å². The van der Waals surface area contributed by atoms with Crippen molar-refractivity contribution in [2.24, 2.45) is 0 Å². The van der Waals surface area contributed by atoms with Gasteiger partial charge < -0.3 is 0 Å². The van der Waals surface area contributed by atoms with Crippen molar-refractivity contribution in [3.8, 4) is 0 Å². The maximum atomic E-state index is 3.79. The van der Waals surface area contributed by atoms with E-state index < -0.39 is 0 Å². The van der Waals surface area contributed by atoms with Crippen LogP contribution in [0.15, 0.2) is 24.8 Å². The van der Waals surface area contributed by atoms with Gasteiger partial charge in [0.25, 0.3) is 0 Å². The highest BCUT2D eigenvalue weighted by Crippen LogP contribution is 2.18. The van der Waals surface area contributed by atoms with Crippen LogP contribution in [0, 0.1) is 6.92 Å². The summed E-state index contributed by atoms with van der Waals surface area (Å²) in [7, 11) is 0. The Labute approximate surface area is 82.3 Å². The highest BCUT2D eigenvalue weighted by Gasteiger charge is 2.00. The second-order valence-electron chi connectivity index (χ2n) is 3.47. The number of aryl methyl sites for hydroxylation is 1. The Morgan fingerprint density at radius 1 is 1.31 bits per heavy atom. The van der Waals surface area contributed by atoms with E-state index >= 15 is 0 Å². The summed E-state index contributed by atoms with van der Waals surface area (Å²) in [5, 5.41) is 0. The Morgan fingerprint density at radius 3 is 2.38 bits per heavy atom. The second kappa shape index (κ2) is 4.86. The predicted molar refractivity (Wildman–Crippen MR) is 62.1 cm³/mol. The van der Waals surface area contributed by atoms with E-state index in [9.17, 15) is 0 Å². The van der Waals surface area contributed by atoms with Crippen LogP contribution in [0.5, 0.6) is 0 Å². The van der Waals surface area contributed by atoms with E-state index in [0.717, 1.165) is 0 Å². The zero-order valence-electron chi connectivity index (χ0n) is 8.09. The van der Waals surface area contributed by atoms with Gasteiger partial charge in [0.1, 0.15) is 0 Å². The lowest BCUT2D eigenvalue weighted by molar-refractivity contribution is 0.865. The van der Waals surface area contributed by atoms with Crippen LogP contribution in [0.4, 0.5) is 0 Å². The predicted octanol–water partition coefficient (Wildman–Crippen LogP) is 4.40. The van der Waals surface area contributed by atoms with E-state index in [1.54, 1.807) is 0 Å². The molecule has 0 atom stereocenters. The number of hydrogen-bond acceptors (Lipinski definition) is 0. The smallest absolute Gasteiger partial charge is 0.0219 e. The molecule has 1 rings (SSSR count). The van der Waals surface area contributed by atoms with E-state index in [4.69, 9.17) is 0 Å². The third kappa shape index (κ3) is 2.73. The topological polar surface area (TPSA) is 0 Å². The van der Waals surface area contributed by atoms with Crippen LogP contribution in [0.2, 0.25) is 0 Å². The Kier molecular flexibility index (Phi) is 4.47. The molecule has 0 aliphatic rings. The van der Waals surface area contributed by atoms with Gasteiger partial charge in [0, 0.05) is 0 Å². The standard InChI is InChI=1S/C12H16.CH4/c1-5-11-8-12(9(2)3)7-6-10(11)4;/h5-9H,1H2,2-4H3;1H4. The molecule has 1 aromatic rings. The molecule has 0 N–H and O–H groups in total. The zero-order valence-corrected chi connectivity index (χ0v) is 8.09. The average molecular weight is 176 g/mol. The monoisotopic (exact) mass is 176 g/mol. The molecule has 0 saturated heterocycles. The van der Waals surface area contributed by atoms with Gasteiger partial charge in [0.15, 0.2) is 0 Å². The summed E-state index contributed by atoms with van der Waals surface area (Å²) in [6.07, 6.45) is 1.92. The largest absolute Gasteiger partial charge is 0.0985 e. The third-order valence-corrected chi connectivity index (χ3v) is 2.19. The molecule has 0 aliphatic carbocycles. The fourth-order valence-electron chi connectivity index (χ4n) is 1.24. The molecule has 0 aliphatic heterocycles. The molecule has 72 valence electrons. The summed E-state index contributed by atoms with van der Waals surface area (Å²) in [6.45, 7) is 10.3.